The Morgan fingerprint density at radius 1 is 1.44 bits per heavy atom. The van der Waals surface area contributed by atoms with Gasteiger partial charge in [0.15, 0.2) is 0 Å². The number of nitrogens with zero attached hydrogens (tertiary/aromatic N) is 3. The van der Waals surface area contributed by atoms with E-state index in [1.807, 2.05) is 12.4 Å². The molecule has 1 aliphatic heterocycles. The Morgan fingerprint density at radius 2 is 2.19 bits per heavy atom. The smallest absolute Gasteiger partial charge is 0.115 e. The summed E-state index contributed by atoms with van der Waals surface area (Å²) in [4.78, 5) is 10.4. The average molecular weight is 220 g/mol. The summed E-state index contributed by atoms with van der Waals surface area (Å²) in [7, 11) is 2.20. The lowest BCUT2D eigenvalue weighted by Gasteiger charge is -2.34. The number of likely N-dealkylation sites (tertiary alicyclic amines) is 1. The minimum absolute atomic E-state index is 0.480. The van der Waals surface area contributed by atoms with Crippen molar-refractivity contribution in [2.24, 2.45) is 5.92 Å². The van der Waals surface area contributed by atoms with Gasteiger partial charge in [0.1, 0.15) is 6.33 Å². The molecule has 1 fully saturated rings. The summed E-state index contributed by atoms with van der Waals surface area (Å²) in [6, 6.07) is 0.480. The highest BCUT2D eigenvalue weighted by molar-refractivity contribution is 5.38. The summed E-state index contributed by atoms with van der Waals surface area (Å²) >= 11 is 0. The molecule has 4 heteroatoms. The number of anilines is 1. The molecular formula is C12H20N4. The second-order valence-corrected chi connectivity index (χ2v) is 4.72. The molecule has 88 valence electrons. The van der Waals surface area contributed by atoms with E-state index in [1.165, 1.54) is 25.9 Å². The van der Waals surface area contributed by atoms with E-state index >= 15 is 0 Å². The molecule has 0 radical (unpaired) electrons. The van der Waals surface area contributed by atoms with E-state index < -0.39 is 0 Å². The Hall–Kier alpha value is -1.16. The van der Waals surface area contributed by atoms with Crippen LogP contribution in [0.15, 0.2) is 18.7 Å². The Labute approximate surface area is 97.1 Å². The van der Waals surface area contributed by atoms with Crippen molar-refractivity contribution in [2.45, 2.75) is 25.8 Å². The molecule has 0 saturated carbocycles. The molecule has 1 saturated heterocycles. The first-order valence-corrected chi connectivity index (χ1v) is 5.96. The van der Waals surface area contributed by atoms with E-state index in [4.69, 9.17) is 0 Å². The van der Waals surface area contributed by atoms with Crippen LogP contribution in [0.4, 0.5) is 5.69 Å². The fourth-order valence-electron chi connectivity index (χ4n) is 2.37. The van der Waals surface area contributed by atoms with Gasteiger partial charge in [0, 0.05) is 12.6 Å². The van der Waals surface area contributed by atoms with Crippen molar-refractivity contribution in [3.8, 4) is 0 Å². The number of rotatable bonds is 3. The van der Waals surface area contributed by atoms with Crippen molar-refractivity contribution < 1.29 is 0 Å². The van der Waals surface area contributed by atoms with E-state index in [0.29, 0.717) is 6.04 Å². The zero-order valence-corrected chi connectivity index (χ0v) is 10.1. The quantitative estimate of drug-likeness (QED) is 0.840. The maximum atomic E-state index is 4.01. The number of nitrogens with one attached hydrogen (secondary N) is 1. The van der Waals surface area contributed by atoms with E-state index in [1.54, 1.807) is 6.33 Å². The molecule has 2 rings (SSSR count). The summed E-state index contributed by atoms with van der Waals surface area (Å²) in [6.07, 6.45) is 7.83. The molecule has 0 aromatic carbocycles. The van der Waals surface area contributed by atoms with E-state index in [2.05, 4.69) is 34.2 Å². The van der Waals surface area contributed by atoms with Crippen LogP contribution in [0.5, 0.6) is 0 Å². The Morgan fingerprint density at radius 3 is 2.88 bits per heavy atom. The predicted octanol–water partition coefficient (Wildman–Crippen LogP) is 1.62. The van der Waals surface area contributed by atoms with E-state index in [9.17, 15) is 0 Å². The largest absolute Gasteiger partial charge is 0.380 e. The third-order valence-corrected chi connectivity index (χ3v) is 3.32. The summed E-state index contributed by atoms with van der Waals surface area (Å²) < 4.78 is 0. The molecule has 2 atom stereocenters. The van der Waals surface area contributed by atoms with Crippen LogP contribution in [-0.2, 0) is 0 Å². The first kappa shape index (κ1) is 11.3. The number of hydrogen-bond acceptors (Lipinski definition) is 4. The number of aromatic nitrogens is 2. The maximum absolute atomic E-state index is 4.01. The van der Waals surface area contributed by atoms with Gasteiger partial charge in [0.05, 0.1) is 18.1 Å². The molecule has 0 aliphatic carbocycles. The van der Waals surface area contributed by atoms with Gasteiger partial charge in [0.25, 0.3) is 0 Å². The van der Waals surface area contributed by atoms with Gasteiger partial charge in [-0.15, -0.1) is 0 Å². The molecule has 0 spiro atoms. The summed E-state index contributed by atoms with van der Waals surface area (Å²) in [6.45, 7) is 4.66. The van der Waals surface area contributed by atoms with Crippen LogP contribution in [0.1, 0.15) is 19.8 Å². The monoisotopic (exact) mass is 220 g/mol. The van der Waals surface area contributed by atoms with Crippen LogP contribution in [0.2, 0.25) is 0 Å². The SMILES string of the molecule is CC(Nc1cncnc1)C1CCCN(C)C1. The van der Waals surface area contributed by atoms with Crippen LogP contribution < -0.4 is 5.32 Å². The minimum Gasteiger partial charge on any atom is -0.380 e. The van der Waals surface area contributed by atoms with Gasteiger partial charge < -0.3 is 10.2 Å². The zero-order chi connectivity index (χ0) is 11.4. The zero-order valence-electron chi connectivity index (χ0n) is 10.1. The molecule has 1 aromatic rings. The first-order chi connectivity index (χ1) is 7.75. The highest BCUT2D eigenvalue weighted by Crippen LogP contribution is 2.20. The number of hydrogen-bond donors (Lipinski definition) is 1. The van der Waals surface area contributed by atoms with Crippen LogP contribution in [-0.4, -0.2) is 41.0 Å². The highest BCUT2D eigenvalue weighted by Gasteiger charge is 2.22. The van der Waals surface area contributed by atoms with Gasteiger partial charge in [-0.05, 0) is 39.3 Å². The molecule has 16 heavy (non-hydrogen) atoms. The molecular weight excluding hydrogens is 200 g/mol. The van der Waals surface area contributed by atoms with Gasteiger partial charge in [-0.3, -0.25) is 0 Å². The lowest BCUT2D eigenvalue weighted by Crippen LogP contribution is -2.39. The van der Waals surface area contributed by atoms with Crippen LogP contribution in [0.3, 0.4) is 0 Å². The Balaban J connectivity index is 1.90. The standard InChI is InChI=1S/C12H20N4/c1-10(11-4-3-5-16(2)8-11)15-12-6-13-9-14-7-12/h6-7,9-11,15H,3-5,8H2,1-2H3. The summed E-state index contributed by atoms with van der Waals surface area (Å²) in [5.74, 6) is 0.721. The number of piperidine rings is 1. The van der Waals surface area contributed by atoms with Crippen LogP contribution >= 0.6 is 0 Å². The minimum atomic E-state index is 0.480. The summed E-state index contributed by atoms with van der Waals surface area (Å²) in [5.41, 5.74) is 1.02. The van der Waals surface area contributed by atoms with Crippen LogP contribution in [0, 0.1) is 5.92 Å². The van der Waals surface area contributed by atoms with Crippen LogP contribution in [0.25, 0.3) is 0 Å². The fraction of sp³-hybridized carbons (Fsp3) is 0.667. The van der Waals surface area contributed by atoms with Crippen molar-refractivity contribution in [3.63, 3.8) is 0 Å². The Kier molecular flexibility index (Phi) is 3.72. The second kappa shape index (κ2) is 5.25. The third kappa shape index (κ3) is 2.92. The molecule has 1 aliphatic rings. The van der Waals surface area contributed by atoms with Gasteiger partial charge >= 0.3 is 0 Å². The average Bonchev–Trinajstić information content (AvgIpc) is 2.30. The maximum Gasteiger partial charge on any atom is 0.115 e. The van der Waals surface area contributed by atoms with Crippen molar-refractivity contribution >= 4 is 5.69 Å². The molecule has 2 heterocycles. The summed E-state index contributed by atoms with van der Waals surface area (Å²) in [5, 5.41) is 3.48. The lowest BCUT2D eigenvalue weighted by atomic mass is 9.92. The molecule has 0 amide bonds. The van der Waals surface area contributed by atoms with Gasteiger partial charge in [0.2, 0.25) is 0 Å². The second-order valence-electron chi connectivity index (χ2n) is 4.72. The first-order valence-electron chi connectivity index (χ1n) is 5.96. The van der Waals surface area contributed by atoms with Gasteiger partial charge in [-0.25, -0.2) is 9.97 Å². The Bertz CT molecular complexity index is 314. The fourth-order valence-corrected chi connectivity index (χ4v) is 2.37. The molecule has 2 unspecified atom stereocenters. The predicted molar refractivity (Wildman–Crippen MR) is 65.3 cm³/mol. The molecule has 4 nitrogen and oxygen atoms in total. The van der Waals surface area contributed by atoms with Crippen molar-refractivity contribution in [3.05, 3.63) is 18.7 Å². The van der Waals surface area contributed by atoms with Crippen molar-refractivity contribution in [2.75, 3.05) is 25.5 Å². The van der Waals surface area contributed by atoms with Gasteiger partial charge in [-0.1, -0.05) is 0 Å². The lowest BCUT2D eigenvalue weighted by molar-refractivity contribution is 0.197. The van der Waals surface area contributed by atoms with Gasteiger partial charge in [-0.2, -0.15) is 0 Å². The van der Waals surface area contributed by atoms with E-state index in [-0.39, 0.29) is 0 Å². The van der Waals surface area contributed by atoms with E-state index in [0.717, 1.165) is 11.6 Å². The molecule has 0 bridgehead atoms. The normalized spacial score (nSPS) is 24.0. The molecule has 1 aromatic heterocycles. The van der Waals surface area contributed by atoms with Crippen molar-refractivity contribution in [1.29, 1.82) is 0 Å². The molecule has 1 N–H and O–H groups in total. The van der Waals surface area contributed by atoms with Crippen molar-refractivity contribution in [1.82, 2.24) is 14.9 Å². The third-order valence-electron chi connectivity index (χ3n) is 3.32. The topological polar surface area (TPSA) is 41.1 Å². The highest BCUT2D eigenvalue weighted by atomic mass is 15.1.